The van der Waals surface area contributed by atoms with E-state index in [-0.39, 0.29) is 13.2 Å². The molecule has 158 valence electrons. The fourth-order valence-corrected chi connectivity index (χ4v) is 3.67. The van der Waals surface area contributed by atoms with E-state index < -0.39 is 5.91 Å². The zero-order valence-corrected chi connectivity index (χ0v) is 17.4. The van der Waals surface area contributed by atoms with Gasteiger partial charge < -0.3 is 20.9 Å². The van der Waals surface area contributed by atoms with Gasteiger partial charge in [-0.25, -0.2) is 4.98 Å². The number of carbonyl (C=O) groups excluding carboxylic acids is 1. The molecule has 0 radical (unpaired) electrons. The number of aliphatic hydroxyl groups is 1. The Morgan fingerprint density at radius 2 is 1.84 bits per heavy atom. The lowest BCUT2D eigenvalue weighted by Crippen LogP contribution is -2.20. The summed E-state index contributed by atoms with van der Waals surface area (Å²) in [5, 5.41) is 13.6. The number of pyridine rings is 1. The Bertz CT molecular complexity index is 1240. The fourth-order valence-electron chi connectivity index (χ4n) is 3.67. The maximum atomic E-state index is 11.3. The van der Waals surface area contributed by atoms with E-state index in [0.717, 1.165) is 28.3 Å². The molecule has 1 amide bonds. The summed E-state index contributed by atoms with van der Waals surface area (Å²) in [6.07, 6.45) is 1.92. The van der Waals surface area contributed by atoms with Gasteiger partial charge in [0.05, 0.1) is 12.2 Å². The first-order chi connectivity index (χ1) is 15.0. The number of amides is 1. The standard InChI is InChI=1S/C24H24N4O3/c1-15-7-5-8-16(2)22(15)27-24-23(26-20-11-3-4-12-28(20)24)21-17(13-29)9-6-10-18(21)31-14-19(25)30/h3-12,27,29H,13-14H2,1-2H3,(H2,25,30). The minimum absolute atomic E-state index is 0.209. The molecule has 0 fully saturated rings. The zero-order chi connectivity index (χ0) is 22.0. The van der Waals surface area contributed by atoms with Gasteiger partial charge >= 0.3 is 0 Å². The van der Waals surface area contributed by atoms with Crippen molar-refractivity contribution in [3.8, 4) is 17.0 Å². The average molecular weight is 416 g/mol. The van der Waals surface area contributed by atoms with Gasteiger partial charge in [-0.15, -0.1) is 0 Å². The van der Waals surface area contributed by atoms with Gasteiger partial charge in [0, 0.05) is 11.9 Å². The number of anilines is 2. The average Bonchev–Trinajstić information content (AvgIpc) is 3.12. The van der Waals surface area contributed by atoms with Crippen molar-refractivity contribution in [2.75, 3.05) is 11.9 Å². The lowest BCUT2D eigenvalue weighted by Gasteiger charge is -2.17. The number of aromatic nitrogens is 2. The number of primary amides is 1. The highest BCUT2D eigenvalue weighted by Gasteiger charge is 2.22. The number of ether oxygens (including phenoxy) is 1. The molecule has 2 heterocycles. The first-order valence-corrected chi connectivity index (χ1v) is 9.94. The molecule has 0 aliphatic carbocycles. The number of rotatable bonds is 7. The largest absolute Gasteiger partial charge is 0.483 e. The maximum Gasteiger partial charge on any atom is 0.255 e. The molecule has 2 aromatic heterocycles. The molecule has 0 aliphatic heterocycles. The van der Waals surface area contributed by atoms with Crippen LogP contribution in [0.25, 0.3) is 16.9 Å². The van der Waals surface area contributed by atoms with E-state index in [1.165, 1.54) is 0 Å². The van der Waals surface area contributed by atoms with Crippen molar-refractivity contribution in [3.05, 3.63) is 77.5 Å². The summed E-state index contributed by atoms with van der Waals surface area (Å²) < 4.78 is 7.63. The van der Waals surface area contributed by atoms with Crippen molar-refractivity contribution in [3.63, 3.8) is 0 Å². The quantitative estimate of drug-likeness (QED) is 0.426. The van der Waals surface area contributed by atoms with Gasteiger partial charge in [-0.2, -0.15) is 0 Å². The van der Waals surface area contributed by atoms with E-state index in [9.17, 15) is 9.90 Å². The summed E-state index contributed by atoms with van der Waals surface area (Å²) in [7, 11) is 0. The van der Waals surface area contributed by atoms with E-state index in [1.807, 2.05) is 60.8 Å². The van der Waals surface area contributed by atoms with Crippen molar-refractivity contribution < 1.29 is 14.6 Å². The van der Waals surface area contributed by atoms with Gasteiger partial charge in [-0.1, -0.05) is 36.4 Å². The maximum absolute atomic E-state index is 11.3. The molecule has 4 N–H and O–H groups in total. The third-order valence-electron chi connectivity index (χ3n) is 5.14. The Labute approximate surface area is 180 Å². The number of carbonyl (C=O) groups is 1. The Hall–Kier alpha value is -3.84. The molecule has 0 saturated heterocycles. The van der Waals surface area contributed by atoms with E-state index in [2.05, 4.69) is 5.32 Å². The number of nitrogens with one attached hydrogen (secondary N) is 1. The van der Waals surface area contributed by atoms with E-state index >= 15 is 0 Å². The summed E-state index contributed by atoms with van der Waals surface area (Å²) in [5.41, 5.74) is 11.0. The van der Waals surface area contributed by atoms with Crippen molar-refractivity contribution in [1.29, 1.82) is 0 Å². The number of nitrogens with two attached hydrogens (primary N) is 1. The van der Waals surface area contributed by atoms with Gasteiger partial charge in [0.15, 0.2) is 6.61 Å². The van der Waals surface area contributed by atoms with Crippen molar-refractivity contribution >= 4 is 23.1 Å². The minimum Gasteiger partial charge on any atom is -0.483 e. The number of aryl methyl sites for hydroxylation is 2. The fraction of sp³-hybridized carbons (Fsp3) is 0.167. The van der Waals surface area contributed by atoms with Gasteiger partial charge in [-0.3, -0.25) is 9.20 Å². The lowest BCUT2D eigenvalue weighted by atomic mass is 10.0. The Balaban J connectivity index is 1.95. The molecule has 2 aromatic carbocycles. The zero-order valence-electron chi connectivity index (χ0n) is 17.4. The smallest absolute Gasteiger partial charge is 0.255 e. The highest BCUT2D eigenvalue weighted by atomic mass is 16.5. The van der Waals surface area contributed by atoms with Crippen molar-refractivity contribution in [1.82, 2.24) is 9.38 Å². The second-order valence-electron chi connectivity index (χ2n) is 7.33. The Morgan fingerprint density at radius 1 is 1.10 bits per heavy atom. The highest BCUT2D eigenvalue weighted by molar-refractivity contribution is 5.86. The van der Waals surface area contributed by atoms with Crippen molar-refractivity contribution in [2.45, 2.75) is 20.5 Å². The summed E-state index contributed by atoms with van der Waals surface area (Å²) in [6, 6.07) is 17.2. The third-order valence-corrected chi connectivity index (χ3v) is 5.14. The van der Waals surface area contributed by atoms with E-state index in [1.54, 1.807) is 18.2 Å². The number of nitrogens with zero attached hydrogens (tertiary/aromatic N) is 2. The summed E-state index contributed by atoms with van der Waals surface area (Å²) in [4.78, 5) is 16.1. The van der Waals surface area contributed by atoms with Crippen molar-refractivity contribution in [2.24, 2.45) is 5.73 Å². The molecule has 31 heavy (non-hydrogen) atoms. The number of fused-ring (bicyclic) bond motifs is 1. The van der Waals surface area contributed by atoms with Crippen LogP contribution in [-0.4, -0.2) is 27.0 Å². The van der Waals surface area contributed by atoms with Gasteiger partial charge in [0.2, 0.25) is 0 Å². The topological polar surface area (TPSA) is 102 Å². The van der Waals surface area contributed by atoms with E-state index in [4.69, 9.17) is 15.5 Å². The molecule has 7 heteroatoms. The molecule has 0 unspecified atom stereocenters. The normalized spacial score (nSPS) is 10.9. The van der Waals surface area contributed by atoms with Gasteiger partial charge in [0.1, 0.15) is 22.9 Å². The van der Waals surface area contributed by atoms with Crippen LogP contribution in [0.15, 0.2) is 60.8 Å². The third kappa shape index (κ3) is 3.95. The van der Waals surface area contributed by atoms with Crippen LogP contribution in [0, 0.1) is 13.8 Å². The van der Waals surface area contributed by atoms with Crippen LogP contribution in [0.2, 0.25) is 0 Å². The van der Waals surface area contributed by atoms with Crippen LogP contribution < -0.4 is 15.8 Å². The lowest BCUT2D eigenvalue weighted by molar-refractivity contribution is -0.119. The number of benzene rings is 2. The molecule has 0 aliphatic rings. The summed E-state index contributed by atoms with van der Waals surface area (Å²) in [5.74, 6) is 0.584. The SMILES string of the molecule is Cc1cccc(C)c1Nc1c(-c2c(CO)cccc2OCC(N)=O)nc2ccccn12. The van der Waals surface area contributed by atoms with Crippen LogP contribution in [0.4, 0.5) is 11.5 Å². The molecule has 7 nitrogen and oxygen atoms in total. The first kappa shape index (κ1) is 20.4. The number of aliphatic hydroxyl groups excluding tert-OH is 1. The number of hydrogen-bond donors (Lipinski definition) is 3. The second-order valence-corrected chi connectivity index (χ2v) is 7.33. The predicted octanol–water partition coefficient (Wildman–Crippen LogP) is 3.72. The van der Waals surface area contributed by atoms with Gasteiger partial charge in [0.25, 0.3) is 5.91 Å². The predicted molar refractivity (Wildman–Crippen MR) is 120 cm³/mol. The molecule has 0 bridgehead atoms. The first-order valence-electron chi connectivity index (χ1n) is 9.94. The second kappa shape index (κ2) is 8.49. The molecular formula is C24H24N4O3. The number of imidazole rings is 1. The summed E-state index contributed by atoms with van der Waals surface area (Å²) in [6.45, 7) is 3.61. The molecule has 0 atom stereocenters. The number of hydrogen-bond acceptors (Lipinski definition) is 5. The monoisotopic (exact) mass is 416 g/mol. The van der Waals surface area contributed by atoms with Crippen LogP contribution >= 0.6 is 0 Å². The Morgan fingerprint density at radius 3 is 2.55 bits per heavy atom. The Kier molecular flexibility index (Phi) is 5.60. The molecular weight excluding hydrogens is 392 g/mol. The molecule has 0 spiro atoms. The van der Waals surface area contributed by atoms with Crippen LogP contribution in [0.1, 0.15) is 16.7 Å². The van der Waals surface area contributed by atoms with Crippen LogP contribution in [0.3, 0.4) is 0 Å². The minimum atomic E-state index is -0.579. The molecule has 0 saturated carbocycles. The van der Waals surface area contributed by atoms with Gasteiger partial charge in [-0.05, 0) is 48.7 Å². The molecule has 4 rings (SSSR count). The number of para-hydroxylation sites is 1. The highest BCUT2D eigenvalue weighted by Crippen LogP contribution is 2.40. The summed E-state index contributed by atoms with van der Waals surface area (Å²) >= 11 is 0. The van der Waals surface area contributed by atoms with Crippen LogP contribution in [-0.2, 0) is 11.4 Å². The van der Waals surface area contributed by atoms with Crippen LogP contribution in [0.5, 0.6) is 5.75 Å². The molecule has 4 aromatic rings. The van der Waals surface area contributed by atoms with E-state index in [0.29, 0.717) is 22.6 Å².